The lowest BCUT2D eigenvalue weighted by molar-refractivity contribution is 0.102. The average Bonchev–Trinajstić information content (AvgIpc) is 2.89. The van der Waals surface area contributed by atoms with Crippen LogP contribution >= 0.6 is 0 Å². The van der Waals surface area contributed by atoms with E-state index in [2.05, 4.69) is 5.10 Å². The van der Waals surface area contributed by atoms with Crippen LogP contribution in [-0.4, -0.2) is 29.8 Å². The molecule has 0 saturated carbocycles. The fourth-order valence-corrected chi connectivity index (χ4v) is 2.25. The Kier molecular flexibility index (Phi) is 4.62. The van der Waals surface area contributed by atoms with Gasteiger partial charge in [-0.15, -0.1) is 0 Å². The summed E-state index contributed by atoms with van der Waals surface area (Å²) < 4.78 is 12.3. The van der Waals surface area contributed by atoms with E-state index in [1.807, 2.05) is 26.0 Å². The number of rotatable bonds is 6. The molecule has 5 heteroatoms. The Morgan fingerprint density at radius 1 is 1.24 bits per heavy atom. The van der Waals surface area contributed by atoms with E-state index < -0.39 is 0 Å². The van der Waals surface area contributed by atoms with Crippen LogP contribution in [0.3, 0.4) is 0 Å². The zero-order chi connectivity index (χ0) is 15.4. The number of aryl methyl sites for hydroxylation is 2. The van der Waals surface area contributed by atoms with Crippen LogP contribution in [-0.2, 0) is 6.54 Å². The van der Waals surface area contributed by atoms with Gasteiger partial charge in [0.05, 0.1) is 26.0 Å². The Balaban J connectivity index is 2.54. The second kappa shape index (κ2) is 6.43. The van der Waals surface area contributed by atoms with Crippen LogP contribution in [0.25, 0.3) is 0 Å². The molecule has 0 radical (unpaired) electrons. The predicted octanol–water partition coefficient (Wildman–Crippen LogP) is 2.85. The highest BCUT2D eigenvalue weighted by atomic mass is 16.5. The molecule has 0 spiro atoms. The number of carbonyl (C=O) groups excluding carboxylic acids is 1. The largest absolute Gasteiger partial charge is 0.496 e. The summed E-state index contributed by atoms with van der Waals surface area (Å²) in [6.45, 7) is 4.64. The highest BCUT2D eigenvalue weighted by Gasteiger charge is 2.23. The van der Waals surface area contributed by atoms with Crippen LogP contribution in [0.4, 0.5) is 0 Å². The zero-order valence-corrected chi connectivity index (χ0v) is 12.8. The standard InChI is InChI=1S/C16H20N2O3/c1-5-8-18-15(14(21-4)10-17-18)16(19)12-9-11(2)6-7-13(12)20-3/h6-7,9-10H,5,8H2,1-4H3. The Morgan fingerprint density at radius 2 is 1.95 bits per heavy atom. The summed E-state index contributed by atoms with van der Waals surface area (Å²) in [7, 11) is 3.10. The second-order valence-electron chi connectivity index (χ2n) is 4.82. The van der Waals surface area contributed by atoms with Crippen LogP contribution in [0.2, 0.25) is 0 Å². The van der Waals surface area contributed by atoms with Crippen molar-refractivity contribution in [3.8, 4) is 11.5 Å². The Labute approximate surface area is 124 Å². The minimum atomic E-state index is -0.140. The van der Waals surface area contributed by atoms with Crippen molar-refractivity contribution in [3.05, 3.63) is 41.2 Å². The molecule has 0 aliphatic heterocycles. The van der Waals surface area contributed by atoms with Crippen molar-refractivity contribution in [1.82, 2.24) is 9.78 Å². The summed E-state index contributed by atoms with van der Waals surface area (Å²) in [5.41, 5.74) is 1.98. The molecule has 2 rings (SSSR count). The number of hydrogen-bond donors (Lipinski definition) is 0. The number of aromatic nitrogens is 2. The van der Waals surface area contributed by atoms with Crippen molar-refractivity contribution < 1.29 is 14.3 Å². The molecule has 0 amide bonds. The van der Waals surface area contributed by atoms with Gasteiger partial charge in [0.15, 0.2) is 11.4 Å². The van der Waals surface area contributed by atoms with Gasteiger partial charge in [-0.25, -0.2) is 0 Å². The molecule has 1 aromatic heterocycles. The van der Waals surface area contributed by atoms with E-state index in [0.717, 1.165) is 12.0 Å². The summed E-state index contributed by atoms with van der Waals surface area (Å²) in [5.74, 6) is 0.896. The molecule has 0 N–H and O–H groups in total. The lowest BCUT2D eigenvalue weighted by Gasteiger charge is -2.11. The molecule has 0 aliphatic carbocycles. The van der Waals surface area contributed by atoms with Gasteiger partial charge >= 0.3 is 0 Å². The van der Waals surface area contributed by atoms with E-state index in [9.17, 15) is 4.79 Å². The molecule has 0 fully saturated rings. The predicted molar refractivity (Wildman–Crippen MR) is 80.2 cm³/mol. The molecule has 5 nitrogen and oxygen atoms in total. The number of hydrogen-bond acceptors (Lipinski definition) is 4. The molecule has 0 bridgehead atoms. The van der Waals surface area contributed by atoms with Gasteiger partial charge in [0.2, 0.25) is 5.78 Å². The molecule has 21 heavy (non-hydrogen) atoms. The second-order valence-corrected chi connectivity index (χ2v) is 4.82. The first kappa shape index (κ1) is 15.1. The van der Waals surface area contributed by atoms with E-state index in [1.165, 1.54) is 7.11 Å². The van der Waals surface area contributed by atoms with Gasteiger partial charge in [0.1, 0.15) is 5.75 Å². The SMILES string of the molecule is CCCn1ncc(OC)c1C(=O)c1cc(C)ccc1OC. The molecule has 1 aromatic carbocycles. The van der Waals surface area contributed by atoms with Crippen LogP contribution in [0, 0.1) is 6.92 Å². The van der Waals surface area contributed by atoms with Crippen molar-refractivity contribution in [2.24, 2.45) is 0 Å². The van der Waals surface area contributed by atoms with Crippen molar-refractivity contribution in [1.29, 1.82) is 0 Å². The van der Waals surface area contributed by atoms with E-state index >= 15 is 0 Å². The Hall–Kier alpha value is -2.30. The normalized spacial score (nSPS) is 10.5. The van der Waals surface area contributed by atoms with Crippen molar-refractivity contribution in [2.45, 2.75) is 26.8 Å². The lowest BCUT2D eigenvalue weighted by atomic mass is 10.0. The van der Waals surface area contributed by atoms with E-state index in [4.69, 9.17) is 9.47 Å². The maximum atomic E-state index is 12.9. The minimum absolute atomic E-state index is 0.140. The number of ketones is 1. The summed E-state index contributed by atoms with van der Waals surface area (Å²) in [6.07, 6.45) is 2.46. The first-order valence-corrected chi connectivity index (χ1v) is 6.91. The van der Waals surface area contributed by atoms with Gasteiger partial charge in [-0.05, 0) is 25.5 Å². The summed E-state index contributed by atoms with van der Waals surface area (Å²) >= 11 is 0. The zero-order valence-electron chi connectivity index (χ0n) is 12.8. The molecule has 0 unspecified atom stereocenters. The fraction of sp³-hybridized carbons (Fsp3) is 0.375. The molecular weight excluding hydrogens is 268 g/mol. The number of benzene rings is 1. The smallest absolute Gasteiger partial charge is 0.218 e. The van der Waals surface area contributed by atoms with E-state index in [-0.39, 0.29) is 5.78 Å². The topological polar surface area (TPSA) is 53.4 Å². The Bertz CT molecular complexity index is 647. The van der Waals surface area contributed by atoms with Crippen LogP contribution in [0.1, 0.15) is 35.0 Å². The third kappa shape index (κ3) is 2.91. The maximum Gasteiger partial charge on any atom is 0.218 e. The number of nitrogens with zero attached hydrogens (tertiary/aromatic N) is 2. The molecular formula is C16H20N2O3. The minimum Gasteiger partial charge on any atom is -0.496 e. The summed E-state index contributed by atoms with van der Waals surface area (Å²) in [5, 5.41) is 4.23. The highest BCUT2D eigenvalue weighted by molar-refractivity contribution is 6.11. The van der Waals surface area contributed by atoms with E-state index in [1.54, 1.807) is 24.1 Å². The van der Waals surface area contributed by atoms with Crippen molar-refractivity contribution in [3.63, 3.8) is 0 Å². The highest BCUT2D eigenvalue weighted by Crippen LogP contribution is 2.27. The third-order valence-electron chi connectivity index (χ3n) is 3.28. The van der Waals surface area contributed by atoms with Gasteiger partial charge in [-0.2, -0.15) is 5.10 Å². The van der Waals surface area contributed by atoms with Gasteiger partial charge in [-0.1, -0.05) is 18.6 Å². The first-order chi connectivity index (χ1) is 10.1. The Morgan fingerprint density at radius 3 is 2.57 bits per heavy atom. The molecule has 0 atom stereocenters. The first-order valence-electron chi connectivity index (χ1n) is 6.91. The van der Waals surface area contributed by atoms with Gasteiger partial charge in [0.25, 0.3) is 0 Å². The molecule has 112 valence electrons. The van der Waals surface area contributed by atoms with Gasteiger partial charge in [-0.3, -0.25) is 9.48 Å². The summed E-state index contributed by atoms with van der Waals surface area (Å²) in [6, 6.07) is 5.54. The number of methoxy groups -OCH3 is 2. The maximum absolute atomic E-state index is 12.9. The molecule has 0 saturated heterocycles. The quantitative estimate of drug-likeness (QED) is 0.767. The van der Waals surface area contributed by atoms with Crippen LogP contribution in [0.5, 0.6) is 11.5 Å². The lowest BCUT2D eigenvalue weighted by Crippen LogP contribution is -2.13. The van der Waals surface area contributed by atoms with Gasteiger partial charge < -0.3 is 9.47 Å². The monoisotopic (exact) mass is 288 g/mol. The third-order valence-corrected chi connectivity index (χ3v) is 3.28. The fourth-order valence-electron chi connectivity index (χ4n) is 2.25. The van der Waals surface area contributed by atoms with E-state index in [0.29, 0.717) is 29.3 Å². The van der Waals surface area contributed by atoms with Crippen molar-refractivity contribution in [2.75, 3.05) is 14.2 Å². The molecule has 2 aromatic rings. The molecule has 1 heterocycles. The summed E-state index contributed by atoms with van der Waals surface area (Å²) in [4.78, 5) is 12.9. The molecule has 0 aliphatic rings. The van der Waals surface area contributed by atoms with Crippen molar-refractivity contribution >= 4 is 5.78 Å². The van der Waals surface area contributed by atoms with Crippen LogP contribution in [0.15, 0.2) is 24.4 Å². The average molecular weight is 288 g/mol. The van der Waals surface area contributed by atoms with Gasteiger partial charge in [0, 0.05) is 6.54 Å². The number of ether oxygens (including phenoxy) is 2. The van der Waals surface area contributed by atoms with Crippen LogP contribution < -0.4 is 9.47 Å². The number of carbonyl (C=O) groups is 1.